The van der Waals surface area contributed by atoms with Crippen molar-refractivity contribution in [3.63, 3.8) is 0 Å². The van der Waals surface area contributed by atoms with Gasteiger partial charge in [0.25, 0.3) is 0 Å². The minimum atomic E-state index is 0.673. The van der Waals surface area contributed by atoms with Gasteiger partial charge >= 0.3 is 0 Å². The molecular weight excluding hydrogens is 248 g/mol. The van der Waals surface area contributed by atoms with E-state index in [9.17, 15) is 0 Å². The predicted octanol–water partition coefficient (Wildman–Crippen LogP) is 3.13. The Kier molecular flexibility index (Phi) is 2.99. The molecule has 0 spiro atoms. The number of nitrogens with zero attached hydrogens (tertiary/aromatic N) is 3. The molecule has 0 amide bonds. The summed E-state index contributed by atoms with van der Waals surface area (Å²) in [5.74, 6) is 0. The number of hydrogen-bond acceptors (Lipinski definition) is 3. The maximum atomic E-state index is 6.11. The fraction of sp³-hybridized carbons (Fsp3) is 0.125. The first-order chi connectivity index (χ1) is 9.63. The van der Waals surface area contributed by atoms with Gasteiger partial charge in [-0.1, -0.05) is 17.2 Å². The maximum Gasteiger partial charge on any atom is 0.116 e. The lowest BCUT2D eigenvalue weighted by Gasteiger charge is -2.03. The SMILES string of the molecule is Cc1cc(C)cc(-c2nn(-c3ccncc3)cc2N)c1. The number of aryl methyl sites for hydroxylation is 2. The highest BCUT2D eigenvalue weighted by Crippen LogP contribution is 2.27. The summed E-state index contributed by atoms with van der Waals surface area (Å²) in [6.45, 7) is 4.15. The molecule has 2 heterocycles. The van der Waals surface area contributed by atoms with E-state index in [2.05, 4.69) is 42.1 Å². The summed E-state index contributed by atoms with van der Waals surface area (Å²) in [7, 11) is 0. The number of nitrogens with two attached hydrogens (primary N) is 1. The zero-order valence-corrected chi connectivity index (χ0v) is 11.5. The van der Waals surface area contributed by atoms with E-state index in [1.54, 1.807) is 17.1 Å². The monoisotopic (exact) mass is 264 g/mol. The Morgan fingerprint density at radius 2 is 1.65 bits per heavy atom. The molecule has 0 aliphatic carbocycles. The van der Waals surface area contributed by atoms with Crippen LogP contribution in [-0.2, 0) is 0 Å². The highest BCUT2D eigenvalue weighted by atomic mass is 15.3. The van der Waals surface area contributed by atoms with Crippen LogP contribution in [0.15, 0.2) is 48.9 Å². The van der Waals surface area contributed by atoms with Crippen molar-refractivity contribution in [2.75, 3.05) is 5.73 Å². The molecular formula is C16H16N4. The predicted molar refractivity (Wildman–Crippen MR) is 80.7 cm³/mol. The van der Waals surface area contributed by atoms with Crippen molar-refractivity contribution < 1.29 is 0 Å². The van der Waals surface area contributed by atoms with Crippen LogP contribution < -0.4 is 5.73 Å². The fourth-order valence-electron chi connectivity index (χ4n) is 2.35. The molecule has 20 heavy (non-hydrogen) atoms. The number of anilines is 1. The summed E-state index contributed by atoms with van der Waals surface area (Å²) in [6.07, 6.45) is 5.32. The molecule has 4 nitrogen and oxygen atoms in total. The summed E-state index contributed by atoms with van der Waals surface area (Å²) in [4.78, 5) is 4.01. The minimum absolute atomic E-state index is 0.673. The van der Waals surface area contributed by atoms with Gasteiger partial charge in [-0.2, -0.15) is 5.10 Å². The summed E-state index contributed by atoms with van der Waals surface area (Å²) >= 11 is 0. The third-order valence-corrected chi connectivity index (χ3v) is 3.16. The van der Waals surface area contributed by atoms with Crippen LogP contribution in [0.5, 0.6) is 0 Å². The highest BCUT2D eigenvalue weighted by molar-refractivity contribution is 5.73. The van der Waals surface area contributed by atoms with Crippen LogP contribution in [0.25, 0.3) is 16.9 Å². The van der Waals surface area contributed by atoms with Crippen molar-refractivity contribution in [1.29, 1.82) is 0 Å². The summed E-state index contributed by atoms with van der Waals surface area (Å²) in [6, 6.07) is 10.1. The Balaban J connectivity index is 2.09. The first-order valence-electron chi connectivity index (χ1n) is 6.48. The van der Waals surface area contributed by atoms with Crippen molar-refractivity contribution >= 4 is 5.69 Å². The number of benzene rings is 1. The van der Waals surface area contributed by atoms with Gasteiger partial charge in [0, 0.05) is 18.0 Å². The molecule has 2 aromatic heterocycles. The van der Waals surface area contributed by atoms with Crippen LogP contribution >= 0.6 is 0 Å². The number of nitrogen functional groups attached to an aromatic ring is 1. The lowest BCUT2D eigenvalue weighted by atomic mass is 10.0. The standard InChI is InChI=1S/C16H16N4/c1-11-7-12(2)9-13(8-11)16-15(17)10-20(19-16)14-3-5-18-6-4-14/h3-10H,17H2,1-2H3. The van der Waals surface area contributed by atoms with Gasteiger partial charge in [-0.25, -0.2) is 4.68 Å². The minimum Gasteiger partial charge on any atom is -0.396 e. The molecule has 3 aromatic rings. The highest BCUT2D eigenvalue weighted by Gasteiger charge is 2.10. The quantitative estimate of drug-likeness (QED) is 0.773. The second-order valence-corrected chi connectivity index (χ2v) is 4.96. The van der Waals surface area contributed by atoms with Gasteiger partial charge in [-0.3, -0.25) is 4.98 Å². The van der Waals surface area contributed by atoms with E-state index in [4.69, 9.17) is 5.73 Å². The third-order valence-electron chi connectivity index (χ3n) is 3.16. The molecule has 0 saturated carbocycles. The lowest BCUT2D eigenvalue weighted by molar-refractivity contribution is 0.881. The molecule has 0 radical (unpaired) electrons. The zero-order chi connectivity index (χ0) is 14.1. The van der Waals surface area contributed by atoms with Gasteiger partial charge < -0.3 is 5.73 Å². The van der Waals surface area contributed by atoms with E-state index in [1.165, 1.54) is 11.1 Å². The van der Waals surface area contributed by atoms with Crippen molar-refractivity contribution in [2.24, 2.45) is 0 Å². The number of hydrogen-bond donors (Lipinski definition) is 1. The molecule has 0 unspecified atom stereocenters. The molecule has 0 fully saturated rings. The van der Waals surface area contributed by atoms with E-state index in [0.29, 0.717) is 5.69 Å². The Morgan fingerprint density at radius 1 is 1.00 bits per heavy atom. The van der Waals surface area contributed by atoms with Gasteiger partial charge in [0.1, 0.15) is 5.69 Å². The number of aromatic nitrogens is 3. The van der Waals surface area contributed by atoms with E-state index in [1.807, 2.05) is 18.3 Å². The van der Waals surface area contributed by atoms with Gasteiger partial charge in [0.2, 0.25) is 0 Å². The van der Waals surface area contributed by atoms with E-state index in [0.717, 1.165) is 16.9 Å². The van der Waals surface area contributed by atoms with Gasteiger partial charge in [0.05, 0.1) is 17.6 Å². The molecule has 2 N–H and O–H groups in total. The molecule has 0 aliphatic rings. The third kappa shape index (κ3) is 2.28. The number of rotatable bonds is 2. The molecule has 100 valence electrons. The van der Waals surface area contributed by atoms with Crippen LogP contribution in [0.4, 0.5) is 5.69 Å². The average molecular weight is 264 g/mol. The second-order valence-electron chi connectivity index (χ2n) is 4.96. The van der Waals surface area contributed by atoms with Gasteiger partial charge in [0.15, 0.2) is 0 Å². The molecule has 4 heteroatoms. The Labute approximate surface area is 117 Å². The van der Waals surface area contributed by atoms with Crippen molar-refractivity contribution in [3.8, 4) is 16.9 Å². The van der Waals surface area contributed by atoms with Crippen LogP contribution in [-0.4, -0.2) is 14.8 Å². The molecule has 3 rings (SSSR count). The first-order valence-corrected chi connectivity index (χ1v) is 6.48. The Hall–Kier alpha value is -2.62. The van der Waals surface area contributed by atoms with Crippen LogP contribution in [0, 0.1) is 13.8 Å². The Morgan fingerprint density at radius 3 is 2.30 bits per heavy atom. The Bertz CT molecular complexity index is 724. The van der Waals surface area contributed by atoms with E-state index in [-0.39, 0.29) is 0 Å². The zero-order valence-electron chi connectivity index (χ0n) is 11.5. The maximum absolute atomic E-state index is 6.11. The first kappa shape index (κ1) is 12.4. The van der Waals surface area contributed by atoms with Crippen LogP contribution in [0.2, 0.25) is 0 Å². The van der Waals surface area contributed by atoms with Crippen molar-refractivity contribution in [1.82, 2.24) is 14.8 Å². The number of pyridine rings is 1. The largest absolute Gasteiger partial charge is 0.396 e. The summed E-state index contributed by atoms with van der Waals surface area (Å²) in [5, 5.41) is 4.60. The topological polar surface area (TPSA) is 56.7 Å². The normalized spacial score (nSPS) is 10.7. The van der Waals surface area contributed by atoms with Crippen LogP contribution in [0.3, 0.4) is 0 Å². The average Bonchev–Trinajstić information content (AvgIpc) is 2.81. The lowest BCUT2D eigenvalue weighted by Crippen LogP contribution is -1.94. The van der Waals surface area contributed by atoms with Crippen molar-refractivity contribution in [2.45, 2.75) is 13.8 Å². The van der Waals surface area contributed by atoms with Crippen LogP contribution in [0.1, 0.15) is 11.1 Å². The van der Waals surface area contributed by atoms with E-state index >= 15 is 0 Å². The summed E-state index contributed by atoms with van der Waals surface area (Å²) in [5.41, 5.74) is 12.0. The smallest absolute Gasteiger partial charge is 0.116 e. The molecule has 1 aromatic carbocycles. The second kappa shape index (κ2) is 4.81. The molecule has 0 bridgehead atoms. The molecule has 0 atom stereocenters. The van der Waals surface area contributed by atoms with Gasteiger partial charge in [-0.05, 0) is 38.1 Å². The summed E-state index contributed by atoms with van der Waals surface area (Å²) < 4.78 is 1.78. The molecule has 0 aliphatic heterocycles. The van der Waals surface area contributed by atoms with E-state index < -0.39 is 0 Å². The van der Waals surface area contributed by atoms with Gasteiger partial charge in [-0.15, -0.1) is 0 Å². The fourth-order valence-corrected chi connectivity index (χ4v) is 2.35. The molecule has 0 saturated heterocycles. The van der Waals surface area contributed by atoms with Crippen molar-refractivity contribution in [3.05, 3.63) is 60.0 Å².